The lowest BCUT2D eigenvalue weighted by atomic mass is 9.89. The van der Waals surface area contributed by atoms with Gasteiger partial charge in [0.15, 0.2) is 5.96 Å². The van der Waals surface area contributed by atoms with Crippen molar-refractivity contribution in [3.8, 4) is 0 Å². The van der Waals surface area contributed by atoms with E-state index in [1.54, 1.807) is 0 Å². The predicted molar refractivity (Wildman–Crippen MR) is 109 cm³/mol. The third-order valence-electron chi connectivity index (χ3n) is 4.06. The molecule has 23 heavy (non-hydrogen) atoms. The number of nitrogens with one attached hydrogen (secondary N) is 2. The fourth-order valence-corrected chi connectivity index (χ4v) is 2.73. The van der Waals surface area contributed by atoms with E-state index in [2.05, 4.69) is 54.6 Å². The maximum Gasteiger partial charge on any atom is 0.191 e. The standard InChI is InChI=1S/C18H28N4.HI/c1-4-20-18(22-16-9-5-6-10-16)21-13-17(14(2)3)15-8-7-11-19-12-15;/h5-8,11-12,14,16-17H,4,9-10,13H2,1-3H3,(H2,20,21,22);1H. The minimum absolute atomic E-state index is 0. The van der Waals surface area contributed by atoms with Crippen LogP contribution in [-0.2, 0) is 0 Å². The summed E-state index contributed by atoms with van der Waals surface area (Å²) in [6.07, 6.45) is 10.4. The van der Waals surface area contributed by atoms with Gasteiger partial charge in [-0.15, -0.1) is 24.0 Å². The lowest BCUT2D eigenvalue weighted by Crippen LogP contribution is -2.42. The van der Waals surface area contributed by atoms with Crippen LogP contribution in [-0.4, -0.2) is 30.1 Å². The summed E-state index contributed by atoms with van der Waals surface area (Å²) in [4.78, 5) is 9.06. The number of pyridine rings is 1. The smallest absolute Gasteiger partial charge is 0.191 e. The summed E-state index contributed by atoms with van der Waals surface area (Å²) in [7, 11) is 0. The molecule has 128 valence electrons. The van der Waals surface area contributed by atoms with Gasteiger partial charge in [-0.1, -0.05) is 32.1 Å². The summed E-state index contributed by atoms with van der Waals surface area (Å²) in [5, 5.41) is 6.87. The van der Waals surface area contributed by atoms with Crippen molar-refractivity contribution in [2.75, 3.05) is 13.1 Å². The van der Waals surface area contributed by atoms with Crippen LogP contribution in [0, 0.1) is 5.92 Å². The fourth-order valence-electron chi connectivity index (χ4n) is 2.73. The number of nitrogens with zero attached hydrogens (tertiary/aromatic N) is 2. The van der Waals surface area contributed by atoms with Gasteiger partial charge in [0.05, 0.1) is 0 Å². The summed E-state index contributed by atoms with van der Waals surface area (Å²) < 4.78 is 0. The van der Waals surface area contributed by atoms with Crippen LogP contribution in [0.4, 0.5) is 0 Å². The summed E-state index contributed by atoms with van der Waals surface area (Å²) in [5.41, 5.74) is 1.26. The number of guanidine groups is 1. The summed E-state index contributed by atoms with van der Waals surface area (Å²) in [6.45, 7) is 8.25. The molecule has 0 saturated carbocycles. The van der Waals surface area contributed by atoms with E-state index >= 15 is 0 Å². The highest BCUT2D eigenvalue weighted by molar-refractivity contribution is 14.0. The molecule has 1 unspecified atom stereocenters. The van der Waals surface area contributed by atoms with Crippen molar-refractivity contribution in [3.05, 3.63) is 42.2 Å². The highest BCUT2D eigenvalue weighted by atomic mass is 127. The van der Waals surface area contributed by atoms with Crippen LogP contribution < -0.4 is 10.6 Å². The van der Waals surface area contributed by atoms with E-state index in [0.717, 1.165) is 31.9 Å². The Hall–Kier alpha value is -1.11. The molecule has 0 amide bonds. The van der Waals surface area contributed by atoms with Crippen LogP contribution in [0.5, 0.6) is 0 Å². The highest BCUT2D eigenvalue weighted by Gasteiger charge is 2.17. The van der Waals surface area contributed by atoms with Gasteiger partial charge in [-0.05, 0) is 37.3 Å². The first-order chi connectivity index (χ1) is 10.7. The topological polar surface area (TPSA) is 49.3 Å². The van der Waals surface area contributed by atoms with Gasteiger partial charge in [0.25, 0.3) is 0 Å². The normalized spacial score (nSPS) is 16.3. The van der Waals surface area contributed by atoms with Gasteiger partial charge in [0.1, 0.15) is 0 Å². The second-order valence-corrected chi connectivity index (χ2v) is 6.14. The average Bonchev–Trinajstić information content (AvgIpc) is 3.01. The van der Waals surface area contributed by atoms with Crippen molar-refractivity contribution in [2.24, 2.45) is 10.9 Å². The Morgan fingerprint density at radius 2 is 2.09 bits per heavy atom. The molecule has 1 aromatic heterocycles. The highest BCUT2D eigenvalue weighted by Crippen LogP contribution is 2.23. The van der Waals surface area contributed by atoms with E-state index in [0.29, 0.717) is 17.9 Å². The third-order valence-corrected chi connectivity index (χ3v) is 4.06. The molecule has 1 aliphatic carbocycles. The van der Waals surface area contributed by atoms with Crippen LogP contribution in [0.15, 0.2) is 41.7 Å². The lowest BCUT2D eigenvalue weighted by Gasteiger charge is -2.21. The van der Waals surface area contributed by atoms with Crippen molar-refractivity contribution in [1.82, 2.24) is 15.6 Å². The first-order valence-electron chi connectivity index (χ1n) is 8.30. The fraction of sp³-hybridized carbons (Fsp3) is 0.556. The number of rotatable bonds is 6. The summed E-state index contributed by atoms with van der Waals surface area (Å²) >= 11 is 0. The molecule has 0 spiro atoms. The average molecular weight is 428 g/mol. The number of hydrogen-bond acceptors (Lipinski definition) is 2. The molecule has 2 N–H and O–H groups in total. The molecule has 4 nitrogen and oxygen atoms in total. The van der Waals surface area contributed by atoms with E-state index in [9.17, 15) is 0 Å². The Balaban J connectivity index is 0.00000264. The number of aliphatic imine (C=N–C) groups is 1. The van der Waals surface area contributed by atoms with Gasteiger partial charge in [-0.25, -0.2) is 0 Å². The molecule has 0 radical (unpaired) electrons. The van der Waals surface area contributed by atoms with Crippen molar-refractivity contribution in [3.63, 3.8) is 0 Å². The Labute approximate surface area is 157 Å². The molecule has 1 heterocycles. The van der Waals surface area contributed by atoms with Crippen molar-refractivity contribution < 1.29 is 0 Å². The maximum absolute atomic E-state index is 4.81. The Morgan fingerprint density at radius 3 is 2.65 bits per heavy atom. The van der Waals surface area contributed by atoms with E-state index in [1.807, 2.05) is 18.5 Å². The molecule has 0 fully saturated rings. The molecule has 0 saturated heterocycles. The predicted octanol–water partition coefficient (Wildman–Crippen LogP) is 3.71. The summed E-state index contributed by atoms with van der Waals surface area (Å²) in [6, 6.07) is 4.63. The first kappa shape index (κ1) is 19.9. The lowest BCUT2D eigenvalue weighted by molar-refractivity contribution is 0.503. The second kappa shape index (κ2) is 10.6. The quantitative estimate of drug-likeness (QED) is 0.314. The SMILES string of the molecule is CCNC(=NCC(c1cccnc1)C(C)C)NC1CC=CC1.I. The van der Waals surface area contributed by atoms with Gasteiger partial charge in [0, 0.05) is 37.4 Å². The van der Waals surface area contributed by atoms with E-state index in [1.165, 1.54) is 5.56 Å². The van der Waals surface area contributed by atoms with Crippen LogP contribution in [0.2, 0.25) is 0 Å². The van der Waals surface area contributed by atoms with E-state index in [4.69, 9.17) is 4.99 Å². The van der Waals surface area contributed by atoms with Crippen molar-refractivity contribution >= 4 is 29.9 Å². The number of hydrogen-bond donors (Lipinski definition) is 2. The number of aromatic nitrogens is 1. The molecule has 0 aliphatic heterocycles. The van der Waals surface area contributed by atoms with Crippen molar-refractivity contribution in [1.29, 1.82) is 0 Å². The molecule has 1 aliphatic rings. The van der Waals surface area contributed by atoms with Crippen LogP contribution in [0.25, 0.3) is 0 Å². The molecule has 2 rings (SSSR count). The van der Waals surface area contributed by atoms with Crippen LogP contribution in [0.1, 0.15) is 45.1 Å². The van der Waals surface area contributed by atoms with Gasteiger partial charge < -0.3 is 10.6 Å². The second-order valence-electron chi connectivity index (χ2n) is 6.14. The Kier molecular flexibility index (Phi) is 9.21. The van der Waals surface area contributed by atoms with Gasteiger partial charge in [0.2, 0.25) is 0 Å². The van der Waals surface area contributed by atoms with Gasteiger partial charge in [-0.3, -0.25) is 9.98 Å². The molecule has 0 bridgehead atoms. The third kappa shape index (κ3) is 6.49. The number of halogens is 1. The van der Waals surface area contributed by atoms with Gasteiger partial charge >= 0.3 is 0 Å². The first-order valence-corrected chi connectivity index (χ1v) is 8.30. The van der Waals surface area contributed by atoms with Crippen molar-refractivity contribution in [2.45, 2.75) is 45.6 Å². The maximum atomic E-state index is 4.81. The van der Waals surface area contributed by atoms with E-state index in [-0.39, 0.29) is 24.0 Å². The Bertz CT molecular complexity index is 491. The Morgan fingerprint density at radius 1 is 1.35 bits per heavy atom. The molecule has 5 heteroatoms. The zero-order chi connectivity index (χ0) is 15.8. The minimum Gasteiger partial charge on any atom is -0.357 e. The van der Waals surface area contributed by atoms with Crippen LogP contribution >= 0.6 is 24.0 Å². The monoisotopic (exact) mass is 428 g/mol. The van der Waals surface area contributed by atoms with Crippen LogP contribution in [0.3, 0.4) is 0 Å². The zero-order valence-corrected chi connectivity index (χ0v) is 16.7. The van der Waals surface area contributed by atoms with E-state index < -0.39 is 0 Å². The summed E-state index contributed by atoms with van der Waals surface area (Å²) in [5.74, 6) is 1.85. The molecular weight excluding hydrogens is 399 g/mol. The minimum atomic E-state index is 0. The molecule has 0 aromatic carbocycles. The largest absolute Gasteiger partial charge is 0.357 e. The zero-order valence-electron chi connectivity index (χ0n) is 14.3. The molecular formula is C18H29IN4. The van der Waals surface area contributed by atoms with Gasteiger partial charge in [-0.2, -0.15) is 0 Å². The molecule has 1 atom stereocenters. The molecule has 1 aromatic rings.